The second-order valence-electron chi connectivity index (χ2n) is 10.4. The van der Waals surface area contributed by atoms with Gasteiger partial charge in [0, 0.05) is 25.7 Å². The molecule has 0 saturated carbocycles. The third-order valence-corrected chi connectivity index (χ3v) is 9.92. The van der Waals surface area contributed by atoms with Gasteiger partial charge in [-0.2, -0.15) is 0 Å². The van der Waals surface area contributed by atoms with Crippen molar-refractivity contribution in [3.8, 4) is 33.4 Å². The number of hydrogen-bond donors (Lipinski definition) is 0. The Kier molecular flexibility index (Phi) is 3.96. The molecule has 0 unspecified atom stereocenters. The minimum Gasteiger partial charge on any atom is -0.135 e. The summed E-state index contributed by atoms with van der Waals surface area (Å²) in [7, 11) is 0. The number of benzene rings is 6. The van der Waals surface area contributed by atoms with Crippen LogP contribution in [0.25, 0.3) is 53.6 Å². The summed E-state index contributed by atoms with van der Waals surface area (Å²) in [6.07, 6.45) is 0. The molecule has 0 radical (unpaired) electrons. The van der Waals surface area contributed by atoms with E-state index in [2.05, 4.69) is 133 Å². The molecular weight excluding hydrogens is 476 g/mol. The molecule has 0 saturated heterocycles. The van der Waals surface area contributed by atoms with Crippen LogP contribution in [0.3, 0.4) is 0 Å². The molecule has 1 heterocycles. The van der Waals surface area contributed by atoms with E-state index in [1.807, 2.05) is 11.3 Å². The van der Waals surface area contributed by atoms with Gasteiger partial charge in [0.2, 0.25) is 0 Å². The van der Waals surface area contributed by atoms with E-state index in [1.165, 1.54) is 75.8 Å². The summed E-state index contributed by atoms with van der Waals surface area (Å²) in [6.45, 7) is 0. The number of rotatable bonds is 0. The summed E-state index contributed by atoms with van der Waals surface area (Å²) >= 11 is 1.93. The quantitative estimate of drug-likeness (QED) is 0.195. The van der Waals surface area contributed by atoms with Gasteiger partial charge in [0.1, 0.15) is 0 Å². The molecule has 0 amide bonds. The van der Waals surface area contributed by atoms with Crippen LogP contribution in [0.4, 0.5) is 0 Å². The van der Waals surface area contributed by atoms with Crippen LogP contribution in [0.5, 0.6) is 0 Å². The minimum absolute atomic E-state index is 0.400. The van der Waals surface area contributed by atoms with Crippen LogP contribution in [-0.2, 0) is 5.41 Å². The molecule has 0 bridgehead atoms. The Morgan fingerprint density at radius 2 is 0.868 bits per heavy atom. The lowest BCUT2D eigenvalue weighted by Gasteiger charge is -2.35. The molecule has 2 aliphatic carbocycles. The van der Waals surface area contributed by atoms with Gasteiger partial charge in [-0.25, -0.2) is 0 Å². The highest BCUT2D eigenvalue weighted by atomic mass is 32.1. The summed E-state index contributed by atoms with van der Waals surface area (Å²) in [6, 6.07) is 49.9. The molecule has 0 N–H and O–H groups in total. The van der Waals surface area contributed by atoms with Gasteiger partial charge in [-0.1, -0.05) is 127 Å². The van der Waals surface area contributed by atoms with Crippen LogP contribution in [-0.4, -0.2) is 0 Å². The maximum atomic E-state index is 2.43. The minimum atomic E-state index is -0.400. The first-order chi connectivity index (χ1) is 18.9. The van der Waals surface area contributed by atoms with Crippen LogP contribution in [0, 0.1) is 0 Å². The Balaban J connectivity index is 1.55. The maximum Gasteiger partial charge on any atom is 0.0726 e. The fourth-order valence-corrected chi connectivity index (χ4v) is 8.57. The molecule has 1 heteroatoms. The van der Waals surface area contributed by atoms with Gasteiger partial charge in [-0.15, -0.1) is 11.3 Å². The number of hydrogen-bond acceptors (Lipinski definition) is 1. The van der Waals surface area contributed by atoms with Crippen LogP contribution in [0.15, 0.2) is 133 Å². The van der Waals surface area contributed by atoms with E-state index in [1.54, 1.807) is 0 Å². The van der Waals surface area contributed by atoms with E-state index >= 15 is 0 Å². The monoisotopic (exact) mass is 498 g/mol. The molecule has 38 heavy (non-hydrogen) atoms. The van der Waals surface area contributed by atoms with Crippen molar-refractivity contribution >= 4 is 31.5 Å². The zero-order valence-electron chi connectivity index (χ0n) is 20.6. The first-order valence-corrected chi connectivity index (χ1v) is 14.0. The van der Waals surface area contributed by atoms with E-state index in [0.717, 1.165) is 0 Å². The predicted octanol–water partition coefficient (Wildman–Crippen LogP) is 10.1. The molecule has 1 spiro atoms. The van der Waals surface area contributed by atoms with Crippen molar-refractivity contribution in [2.24, 2.45) is 0 Å². The van der Waals surface area contributed by atoms with Gasteiger partial charge in [0.05, 0.1) is 5.41 Å². The first kappa shape index (κ1) is 20.6. The molecule has 0 fully saturated rings. The summed E-state index contributed by atoms with van der Waals surface area (Å²) in [5.74, 6) is 0. The predicted molar refractivity (Wildman–Crippen MR) is 161 cm³/mol. The van der Waals surface area contributed by atoms with Crippen molar-refractivity contribution in [3.05, 3.63) is 156 Å². The van der Waals surface area contributed by atoms with Gasteiger partial charge in [0.25, 0.3) is 0 Å². The van der Waals surface area contributed by atoms with E-state index in [0.29, 0.717) is 0 Å². The van der Waals surface area contributed by atoms with Crippen molar-refractivity contribution in [2.75, 3.05) is 0 Å². The van der Waals surface area contributed by atoms with Crippen molar-refractivity contribution in [2.45, 2.75) is 5.41 Å². The maximum absolute atomic E-state index is 2.43. The zero-order chi connectivity index (χ0) is 24.8. The third-order valence-electron chi connectivity index (χ3n) is 8.72. The van der Waals surface area contributed by atoms with E-state index in [9.17, 15) is 0 Å². The molecule has 6 aromatic carbocycles. The highest BCUT2D eigenvalue weighted by Gasteiger charge is 2.50. The number of thiophene rings is 1. The van der Waals surface area contributed by atoms with E-state index in [-0.39, 0.29) is 0 Å². The van der Waals surface area contributed by atoms with Crippen LogP contribution >= 0.6 is 11.3 Å². The van der Waals surface area contributed by atoms with Gasteiger partial charge >= 0.3 is 0 Å². The fourth-order valence-electron chi connectivity index (χ4n) is 7.31. The Morgan fingerprint density at radius 1 is 0.368 bits per heavy atom. The standard InChI is InChI=1S/C37H22S/c1-2-12-24-23(11-1)25-13-3-7-17-30(25)37(31-18-8-4-14-26(24)31)32-19-9-5-16-29(32)35-33(37)22-21-28-27-15-6-10-20-34(27)38-36(28)35/h1-22H. The largest absolute Gasteiger partial charge is 0.135 e. The highest BCUT2D eigenvalue weighted by molar-refractivity contribution is 7.26. The molecule has 176 valence electrons. The summed E-state index contributed by atoms with van der Waals surface area (Å²) < 4.78 is 2.74. The van der Waals surface area contributed by atoms with Gasteiger partial charge in [-0.05, 0) is 56.1 Å². The molecule has 0 aliphatic heterocycles. The van der Waals surface area contributed by atoms with Gasteiger partial charge in [0.15, 0.2) is 0 Å². The molecule has 2 aliphatic rings. The van der Waals surface area contributed by atoms with E-state index in [4.69, 9.17) is 0 Å². The van der Waals surface area contributed by atoms with Crippen molar-refractivity contribution in [1.29, 1.82) is 0 Å². The van der Waals surface area contributed by atoms with Crippen molar-refractivity contribution < 1.29 is 0 Å². The fraction of sp³-hybridized carbons (Fsp3) is 0.0270. The lowest BCUT2D eigenvalue weighted by atomic mass is 9.66. The molecule has 0 nitrogen and oxygen atoms in total. The van der Waals surface area contributed by atoms with Gasteiger partial charge < -0.3 is 0 Å². The van der Waals surface area contributed by atoms with Crippen LogP contribution in [0.1, 0.15) is 22.3 Å². The molecular formula is C37H22S. The second-order valence-corrected chi connectivity index (χ2v) is 11.4. The van der Waals surface area contributed by atoms with Crippen molar-refractivity contribution in [3.63, 3.8) is 0 Å². The van der Waals surface area contributed by atoms with Crippen LogP contribution in [0.2, 0.25) is 0 Å². The summed E-state index contributed by atoms with van der Waals surface area (Å²) in [5, 5.41) is 2.71. The molecule has 0 atom stereocenters. The average molecular weight is 499 g/mol. The lowest BCUT2D eigenvalue weighted by Crippen LogP contribution is -2.29. The summed E-state index contributed by atoms with van der Waals surface area (Å²) in [4.78, 5) is 0. The Morgan fingerprint density at radius 3 is 1.53 bits per heavy atom. The van der Waals surface area contributed by atoms with Crippen molar-refractivity contribution in [1.82, 2.24) is 0 Å². The lowest BCUT2D eigenvalue weighted by molar-refractivity contribution is 0.776. The van der Waals surface area contributed by atoms with E-state index < -0.39 is 5.41 Å². The Labute approximate surface area is 225 Å². The Bertz CT molecular complexity index is 2020. The molecule has 7 aromatic rings. The normalized spacial score (nSPS) is 14.0. The zero-order valence-corrected chi connectivity index (χ0v) is 21.4. The van der Waals surface area contributed by atoms with Gasteiger partial charge in [-0.3, -0.25) is 0 Å². The SMILES string of the molecule is c1ccc2c(c1)-c1ccccc1C1(c3ccccc3-2)c2ccccc2-c2c1ccc1c2sc2ccccc21. The summed E-state index contributed by atoms with van der Waals surface area (Å²) in [5.41, 5.74) is 13.1. The molecule has 1 aromatic heterocycles. The average Bonchev–Trinajstić information content (AvgIpc) is 3.48. The Hall–Kier alpha value is -4.46. The topological polar surface area (TPSA) is 0 Å². The van der Waals surface area contributed by atoms with Crippen LogP contribution < -0.4 is 0 Å². The smallest absolute Gasteiger partial charge is 0.0726 e. The molecule has 9 rings (SSSR count). The highest BCUT2D eigenvalue weighted by Crippen LogP contribution is 2.63. The third kappa shape index (κ3) is 2.36. The second kappa shape index (κ2) is 7.31. The first-order valence-electron chi connectivity index (χ1n) is 13.2. The number of fused-ring (bicyclic) bond motifs is 16.